The highest BCUT2D eigenvalue weighted by atomic mass is 32.2. The van der Waals surface area contributed by atoms with Crippen LogP contribution < -0.4 is 9.03 Å². The van der Waals surface area contributed by atoms with Crippen LogP contribution in [0.4, 0.5) is 5.69 Å². The predicted octanol–water partition coefficient (Wildman–Crippen LogP) is 0.837. The zero-order valence-corrected chi connectivity index (χ0v) is 13.0. The van der Waals surface area contributed by atoms with Crippen molar-refractivity contribution in [3.8, 4) is 0 Å². The Hall–Kier alpha value is -1.12. The van der Waals surface area contributed by atoms with Crippen LogP contribution in [-0.2, 0) is 20.0 Å². The number of fused-ring (bicyclic) bond motifs is 1. The van der Waals surface area contributed by atoms with E-state index in [0.717, 1.165) is 6.26 Å². The molecule has 20 heavy (non-hydrogen) atoms. The molecule has 1 atom stereocenters. The second-order valence-electron chi connectivity index (χ2n) is 4.76. The molecule has 0 aromatic heterocycles. The number of hydrogen-bond donors (Lipinski definition) is 1. The van der Waals surface area contributed by atoms with Crippen LogP contribution in [0.1, 0.15) is 24.9 Å². The van der Waals surface area contributed by atoms with Crippen molar-refractivity contribution in [3.05, 3.63) is 29.8 Å². The van der Waals surface area contributed by atoms with Crippen LogP contribution in [0.15, 0.2) is 24.3 Å². The van der Waals surface area contributed by atoms with Crippen molar-refractivity contribution in [1.82, 2.24) is 4.72 Å². The van der Waals surface area contributed by atoms with Gasteiger partial charge in [-0.1, -0.05) is 18.2 Å². The molecule has 1 aliphatic rings. The van der Waals surface area contributed by atoms with Crippen molar-refractivity contribution in [2.45, 2.75) is 19.4 Å². The topological polar surface area (TPSA) is 83.6 Å². The summed E-state index contributed by atoms with van der Waals surface area (Å²) < 4.78 is 50.9. The van der Waals surface area contributed by atoms with Crippen molar-refractivity contribution in [3.63, 3.8) is 0 Å². The minimum absolute atomic E-state index is 0.00145. The van der Waals surface area contributed by atoms with Crippen LogP contribution in [0.3, 0.4) is 0 Å². The number of benzene rings is 1. The Balaban J connectivity index is 2.42. The van der Waals surface area contributed by atoms with E-state index in [2.05, 4.69) is 4.72 Å². The van der Waals surface area contributed by atoms with Crippen LogP contribution in [0, 0.1) is 0 Å². The van der Waals surface area contributed by atoms with Gasteiger partial charge < -0.3 is 0 Å². The molecule has 112 valence electrons. The molecule has 0 amide bonds. The molecule has 0 fully saturated rings. The van der Waals surface area contributed by atoms with E-state index in [4.69, 9.17) is 0 Å². The average Bonchev–Trinajstić information content (AvgIpc) is 2.37. The number of anilines is 1. The Labute approximate surface area is 119 Å². The lowest BCUT2D eigenvalue weighted by atomic mass is 9.99. The quantitative estimate of drug-likeness (QED) is 0.891. The van der Waals surface area contributed by atoms with Gasteiger partial charge in [0.05, 0.1) is 23.7 Å². The molecule has 8 heteroatoms. The minimum Gasteiger partial charge on any atom is -0.270 e. The first kappa shape index (κ1) is 15.3. The molecular weight excluding hydrogens is 300 g/mol. The van der Waals surface area contributed by atoms with E-state index in [1.807, 2.05) is 0 Å². The zero-order valence-electron chi connectivity index (χ0n) is 11.4. The first-order valence-electron chi connectivity index (χ1n) is 6.31. The Kier molecular flexibility index (Phi) is 4.08. The number of nitrogens with zero attached hydrogens (tertiary/aromatic N) is 1. The summed E-state index contributed by atoms with van der Waals surface area (Å²) in [5, 5.41) is 0. The first-order valence-corrected chi connectivity index (χ1v) is 9.81. The summed E-state index contributed by atoms with van der Waals surface area (Å²) >= 11 is 0. The van der Waals surface area contributed by atoms with Gasteiger partial charge >= 0.3 is 0 Å². The van der Waals surface area contributed by atoms with Gasteiger partial charge in [-0.15, -0.1) is 0 Å². The Morgan fingerprint density at radius 1 is 1.25 bits per heavy atom. The molecule has 1 unspecified atom stereocenters. The van der Waals surface area contributed by atoms with E-state index in [9.17, 15) is 16.8 Å². The van der Waals surface area contributed by atoms with E-state index in [-0.39, 0.29) is 18.3 Å². The highest BCUT2D eigenvalue weighted by Crippen LogP contribution is 2.35. The fraction of sp³-hybridized carbons (Fsp3) is 0.500. The lowest BCUT2D eigenvalue weighted by Crippen LogP contribution is -2.40. The predicted molar refractivity (Wildman–Crippen MR) is 78.6 cm³/mol. The van der Waals surface area contributed by atoms with Crippen LogP contribution in [0.5, 0.6) is 0 Å². The molecule has 1 aliphatic heterocycles. The number of para-hydroxylation sites is 1. The van der Waals surface area contributed by atoms with Gasteiger partial charge in [-0.3, -0.25) is 4.31 Å². The molecule has 1 heterocycles. The number of hydrogen-bond acceptors (Lipinski definition) is 4. The van der Waals surface area contributed by atoms with E-state index in [0.29, 0.717) is 17.7 Å². The molecule has 0 saturated carbocycles. The summed E-state index contributed by atoms with van der Waals surface area (Å²) in [4.78, 5) is 0. The summed E-state index contributed by atoms with van der Waals surface area (Å²) in [5.74, 6) is 0.00145. The van der Waals surface area contributed by atoms with Gasteiger partial charge in [-0.05, 0) is 25.0 Å². The molecule has 0 aliphatic carbocycles. The van der Waals surface area contributed by atoms with Crippen molar-refractivity contribution < 1.29 is 16.8 Å². The van der Waals surface area contributed by atoms with Gasteiger partial charge in [0.15, 0.2) is 0 Å². The fourth-order valence-corrected chi connectivity index (χ4v) is 4.10. The third-order valence-corrected chi connectivity index (χ3v) is 5.89. The molecule has 1 aromatic rings. The molecule has 0 saturated heterocycles. The molecule has 2 rings (SSSR count). The number of rotatable bonds is 4. The smallest absolute Gasteiger partial charge is 0.232 e. The molecule has 6 nitrogen and oxygen atoms in total. The second kappa shape index (κ2) is 5.34. The highest BCUT2D eigenvalue weighted by Gasteiger charge is 2.31. The Morgan fingerprint density at radius 2 is 1.90 bits per heavy atom. The van der Waals surface area contributed by atoms with Crippen LogP contribution >= 0.6 is 0 Å². The van der Waals surface area contributed by atoms with Crippen molar-refractivity contribution in [1.29, 1.82) is 0 Å². The summed E-state index contributed by atoms with van der Waals surface area (Å²) in [6, 6.07) is 6.60. The Morgan fingerprint density at radius 3 is 2.50 bits per heavy atom. The van der Waals surface area contributed by atoms with E-state index in [1.54, 1.807) is 31.2 Å². The Bertz CT molecular complexity index is 698. The SMILES string of the molecule is CCS(=O)(=O)NC1CCN(S(C)(=O)=O)c2ccccc21. The number of nitrogens with one attached hydrogen (secondary N) is 1. The third-order valence-electron chi connectivity index (χ3n) is 3.30. The average molecular weight is 318 g/mol. The summed E-state index contributed by atoms with van der Waals surface area (Å²) in [6.07, 6.45) is 1.57. The van der Waals surface area contributed by atoms with Crippen molar-refractivity contribution in [2.24, 2.45) is 0 Å². The monoisotopic (exact) mass is 318 g/mol. The van der Waals surface area contributed by atoms with Gasteiger partial charge in [-0.25, -0.2) is 21.6 Å². The van der Waals surface area contributed by atoms with Gasteiger partial charge in [0.25, 0.3) is 0 Å². The summed E-state index contributed by atoms with van der Waals surface area (Å²) in [6.45, 7) is 1.84. The van der Waals surface area contributed by atoms with E-state index < -0.39 is 20.0 Å². The molecule has 0 spiro atoms. The van der Waals surface area contributed by atoms with Gasteiger partial charge in [0, 0.05) is 6.54 Å². The highest BCUT2D eigenvalue weighted by molar-refractivity contribution is 7.92. The fourth-order valence-electron chi connectivity index (χ4n) is 2.30. The standard InChI is InChI=1S/C12H18N2O4S2/c1-3-20(17,18)13-11-8-9-14(19(2,15)16)12-7-5-4-6-10(11)12/h4-7,11,13H,3,8-9H2,1-2H3. The zero-order chi connectivity index (χ0) is 15.0. The van der Waals surface area contributed by atoms with Gasteiger partial charge in [0.2, 0.25) is 20.0 Å². The van der Waals surface area contributed by atoms with Crippen molar-refractivity contribution >= 4 is 25.7 Å². The maximum absolute atomic E-state index is 11.8. The lowest BCUT2D eigenvalue weighted by Gasteiger charge is -2.34. The molecule has 1 N–H and O–H groups in total. The largest absolute Gasteiger partial charge is 0.270 e. The van der Waals surface area contributed by atoms with Gasteiger partial charge in [0.1, 0.15) is 0 Å². The van der Waals surface area contributed by atoms with Crippen LogP contribution in [0.2, 0.25) is 0 Å². The molecular formula is C12H18N2O4S2. The number of sulfonamides is 2. The summed E-state index contributed by atoms with van der Waals surface area (Å²) in [5.41, 5.74) is 1.24. The van der Waals surface area contributed by atoms with Crippen molar-refractivity contribution in [2.75, 3.05) is 22.9 Å². The lowest BCUT2D eigenvalue weighted by molar-refractivity contribution is 0.531. The minimum atomic E-state index is -3.36. The van der Waals surface area contributed by atoms with E-state index >= 15 is 0 Å². The third kappa shape index (κ3) is 3.13. The van der Waals surface area contributed by atoms with Gasteiger partial charge in [-0.2, -0.15) is 0 Å². The maximum atomic E-state index is 11.8. The normalized spacial score (nSPS) is 19.7. The first-order chi connectivity index (χ1) is 9.24. The second-order valence-corrected chi connectivity index (χ2v) is 8.71. The summed E-state index contributed by atoms with van der Waals surface area (Å²) in [7, 11) is -6.69. The molecule has 1 aromatic carbocycles. The van der Waals surface area contributed by atoms with E-state index in [1.165, 1.54) is 4.31 Å². The van der Waals surface area contributed by atoms with Crippen LogP contribution in [-0.4, -0.2) is 35.4 Å². The maximum Gasteiger partial charge on any atom is 0.232 e. The molecule has 0 bridgehead atoms. The van der Waals surface area contributed by atoms with Crippen LogP contribution in [0.25, 0.3) is 0 Å². The molecule has 0 radical (unpaired) electrons.